The van der Waals surface area contributed by atoms with Crippen molar-refractivity contribution < 1.29 is 9.53 Å². The lowest BCUT2D eigenvalue weighted by Gasteiger charge is -2.39. The average Bonchev–Trinajstić information content (AvgIpc) is 2.98. The zero-order valence-electron chi connectivity index (χ0n) is 18.6. The van der Waals surface area contributed by atoms with Crippen molar-refractivity contribution in [3.63, 3.8) is 0 Å². The van der Waals surface area contributed by atoms with E-state index in [0.717, 1.165) is 24.3 Å². The van der Waals surface area contributed by atoms with Crippen LogP contribution < -0.4 is 0 Å². The lowest BCUT2D eigenvalue weighted by molar-refractivity contribution is -0.140. The molecule has 2 aliphatic carbocycles. The minimum atomic E-state index is -0.138. The van der Waals surface area contributed by atoms with Gasteiger partial charge in [0.2, 0.25) is 0 Å². The van der Waals surface area contributed by atoms with E-state index in [0.29, 0.717) is 17.9 Å². The Morgan fingerprint density at radius 2 is 1.52 bits per heavy atom. The van der Waals surface area contributed by atoms with Gasteiger partial charge in [-0.2, -0.15) is 0 Å². The molecule has 27 heavy (non-hydrogen) atoms. The summed E-state index contributed by atoms with van der Waals surface area (Å²) in [7, 11) is 0. The second-order valence-electron chi connectivity index (χ2n) is 10.0. The summed E-state index contributed by atoms with van der Waals surface area (Å²) >= 11 is 0. The maximum atomic E-state index is 12.5. The predicted molar refractivity (Wildman–Crippen MR) is 115 cm³/mol. The lowest BCUT2D eigenvalue weighted by Crippen LogP contribution is -2.34. The van der Waals surface area contributed by atoms with Gasteiger partial charge in [0.05, 0.1) is 6.61 Å². The average molecular weight is 377 g/mol. The fourth-order valence-corrected chi connectivity index (χ4v) is 5.72. The molecular formula is C25H44O2. The molecule has 156 valence electrons. The van der Waals surface area contributed by atoms with Crippen molar-refractivity contribution in [1.82, 2.24) is 0 Å². The number of hydrogen-bond acceptors (Lipinski definition) is 2. The van der Waals surface area contributed by atoms with Crippen LogP contribution >= 0.6 is 0 Å². The van der Waals surface area contributed by atoms with Crippen LogP contribution in [0.2, 0.25) is 0 Å². The van der Waals surface area contributed by atoms with Crippen LogP contribution in [0.4, 0.5) is 0 Å². The molecule has 0 amide bonds. The third-order valence-electron chi connectivity index (χ3n) is 8.21. The standard InChI is InChI=1S/C25H44O2/c1-6-7-8-9-10-11-12-13-14-15-18-27-23(26)20(2)22-19-21-16-17-25(22,5)24(21,3)4/h21-22H,2,6-19H2,1,3-5H3/t21-,22?,25-/m1/s1. The molecule has 2 fully saturated rings. The topological polar surface area (TPSA) is 26.3 Å². The summed E-state index contributed by atoms with van der Waals surface area (Å²) in [6.45, 7) is 14.1. The van der Waals surface area contributed by atoms with Gasteiger partial charge in [0, 0.05) is 5.57 Å². The van der Waals surface area contributed by atoms with Crippen LogP contribution in [0.25, 0.3) is 0 Å². The number of carbonyl (C=O) groups excluding carboxylic acids is 1. The second kappa shape index (κ2) is 10.1. The summed E-state index contributed by atoms with van der Waals surface area (Å²) < 4.78 is 5.57. The van der Waals surface area contributed by atoms with Crippen LogP contribution in [0.15, 0.2) is 12.2 Å². The molecule has 2 rings (SSSR count). The lowest BCUT2D eigenvalue weighted by atomic mass is 9.65. The smallest absolute Gasteiger partial charge is 0.333 e. The molecule has 1 unspecified atom stereocenters. The van der Waals surface area contributed by atoms with Crippen molar-refractivity contribution in [2.24, 2.45) is 22.7 Å². The number of esters is 1. The molecule has 0 aromatic heterocycles. The van der Waals surface area contributed by atoms with Gasteiger partial charge < -0.3 is 4.74 Å². The van der Waals surface area contributed by atoms with Gasteiger partial charge in [0.1, 0.15) is 0 Å². The first-order chi connectivity index (χ1) is 12.8. The molecule has 0 heterocycles. The number of unbranched alkanes of at least 4 members (excludes halogenated alkanes) is 9. The summed E-state index contributed by atoms with van der Waals surface area (Å²) in [5.74, 6) is 0.908. The Morgan fingerprint density at radius 3 is 2.00 bits per heavy atom. The van der Waals surface area contributed by atoms with Crippen molar-refractivity contribution in [3.05, 3.63) is 12.2 Å². The van der Waals surface area contributed by atoms with Gasteiger partial charge in [0.15, 0.2) is 0 Å². The Morgan fingerprint density at radius 1 is 0.963 bits per heavy atom. The fraction of sp³-hybridized carbons (Fsp3) is 0.880. The van der Waals surface area contributed by atoms with E-state index in [1.165, 1.54) is 70.6 Å². The molecule has 0 aromatic carbocycles. The van der Waals surface area contributed by atoms with Gasteiger partial charge in [-0.05, 0) is 48.3 Å². The Labute approximate surface area is 168 Å². The minimum Gasteiger partial charge on any atom is -0.462 e. The van der Waals surface area contributed by atoms with Crippen molar-refractivity contribution in [2.75, 3.05) is 6.61 Å². The van der Waals surface area contributed by atoms with E-state index in [4.69, 9.17) is 4.74 Å². The highest BCUT2D eigenvalue weighted by atomic mass is 16.5. The Balaban J connectivity index is 1.56. The first-order valence-corrected chi connectivity index (χ1v) is 11.7. The van der Waals surface area contributed by atoms with Gasteiger partial charge in [-0.25, -0.2) is 4.79 Å². The highest BCUT2D eigenvalue weighted by Crippen LogP contribution is 2.69. The maximum absolute atomic E-state index is 12.5. The second-order valence-corrected chi connectivity index (χ2v) is 10.0. The van der Waals surface area contributed by atoms with Gasteiger partial charge in [-0.1, -0.05) is 92.1 Å². The zero-order valence-corrected chi connectivity index (χ0v) is 18.6. The van der Waals surface area contributed by atoms with Gasteiger partial charge >= 0.3 is 5.97 Å². The molecule has 0 saturated heterocycles. The molecule has 3 atom stereocenters. The number of rotatable bonds is 13. The van der Waals surface area contributed by atoms with Crippen molar-refractivity contribution in [2.45, 2.75) is 111 Å². The van der Waals surface area contributed by atoms with E-state index in [9.17, 15) is 4.79 Å². The summed E-state index contributed by atoms with van der Waals surface area (Å²) in [5.41, 5.74) is 1.27. The molecule has 0 aromatic rings. The Bertz CT molecular complexity index is 493. The fourth-order valence-electron chi connectivity index (χ4n) is 5.72. The van der Waals surface area contributed by atoms with Crippen LogP contribution in [0.5, 0.6) is 0 Å². The number of hydrogen-bond donors (Lipinski definition) is 0. The summed E-state index contributed by atoms with van der Waals surface area (Å²) in [5, 5.41) is 0. The van der Waals surface area contributed by atoms with E-state index in [-0.39, 0.29) is 11.4 Å². The molecule has 2 nitrogen and oxygen atoms in total. The number of carbonyl (C=O) groups is 1. The van der Waals surface area contributed by atoms with Gasteiger partial charge in [-0.15, -0.1) is 0 Å². The highest BCUT2D eigenvalue weighted by Gasteiger charge is 2.62. The molecule has 0 N–H and O–H groups in total. The van der Waals surface area contributed by atoms with E-state index < -0.39 is 0 Å². The number of fused-ring (bicyclic) bond motifs is 2. The zero-order chi connectivity index (χ0) is 19.9. The van der Waals surface area contributed by atoms with Gasteiger partial charge in [-0.3, -0.25) is 0 Å². The van der Waals surface area contributed by atoms with Crippen LogP contribution in [-0.4, -0.2) is 12.6 Å². The monoisotopic (exact) mass is 376 g/mol. The molecule has 2 saturated carbocycles. The SMILES string of the molecule is C=C(C(=O)OCCCCCCCCCCCC)C1C[C@H]2CC[C@@]1(C)C2(C)C. The molecule has 0 aliphatic heterocycles. The van der Waals surface area contributed by atoms with Crippen LogP contribution in [0, 0.1) is 22.7 Å². The third-order valence-corrected chi connectivity index (χ3v) is 8.21. The summed E-state index contributed by atoms with van der Waals surface area (Å²) in [6.07, 6.45) is 16.6. The van der Waals surface area contributed by atoms with Crippen molar-refractivity contribution in [3.8, 4) is 0 Å². The minimum absolute atomic E-state index is 0.138. The third kappa shape index (κ3) is 5.18. The normalized spacial score (nSPS) is 28.4. The molecule has 0 spiro atoms. The van der Waals surface area contributed by atoms with Gasteiger partial charge in [0.25, 0.3) is 0 Å². The molecule has 2 aliphatic rings. The maximum Gasteiger partial charge on any atom is 0.333 e. The first kappa shape index (κ1) is 22.5. The van der Waals surface area contributed by atoms with Crippen molar-refractivity contribution >= 4 is 5.97 Å². The Hall–Kier alpha value is -0.790. The molecule has 2 heteroatoms. The Kier molecular flexibility index (Phi) is 8.43. The molecule has 0 radical (unpaired) electrons. The van der Waals surface area contributed by atoms with Crippen LogP contribution in [-0.2, 0) is 9.53 Å². The molecule has 2 bridgehead atoms. The number of ether oxygens (including phenoxy) is 1. The summed E-state index contributed by atoms with van der Waals surface area (Å²) in [6, 6.07) is 0. The van der Waals surface area contributed by atoms with E-state index >= 15 is 0 Å². The molecular weight excluding hydrogens is 332 g/mol. The summed E-state index contributed by atoms with van der Waals surface area (Å²) in [4.78, 5) is 12.5. The van der Waals surface area contributed by atoms with Crippen LogP contribution in [0.1, 0.15) is 111 Å². The van der Waals surface area contributed by atoms with E-state index in [1.54, 1.807) is 0 Å². The van der Waals surface area contributed by atoms with E-state index in [2.05, 4.69) is 34.3 Å². The van der Waals surface area contributed by atoms with Crippen molar-refractivity contribution in [1.29, 1.82) is 0 Å². The van der Waals surface area contributed by atoms with Crippen LogP contribution in [0.3, 0.4) is 0 Å². The van der Waals surface area contributed by atoms with E-state index in [1.807, 2.05) is 0 Å². The quantitative estimate of drug-likeness (QED) is 0.189. The first-order valence-electron chi connectivity index (χ1n) is 11.7. The largest absolute Gasteiger partial charge is 0.462 e. The predicted octanol–water partition coefficient (Wildman–Crippen LogP) is 7.47. The highest BCUT2D eigenvalue weighted by molar-refractivity contribution is 5.88.